The molecule has 6 heteroatoms. The summed E-state index contributed by atoms with van der Waals surface area (Å²) in [5.74, 6) is 4.36. The molecular weight excluding hydrogens is 336 g/mol. The van der Waals surface area contributed by atoms with Gasteiger partial charge in [-0.05, 0) is 45.6 Å². The molecule has 2 saturated carbocycles. The predicted molar refractivity (Wildman–Crippen MR) is 107 cm³/mol. The van der Waals surface area contributed by atoms with Crippen molar-refractivity contribution >= 4 is 11.8 Å². The van der Waals surface area contributed by atoms with Gasteiger partial charge in [-0.25, -0.2) is 19.9 Å². The van der Waals surface area contributed by atoms with E-state index >= 15 is 0 Å². The molecule has 5 rings (SSSR count). The Morgan fingerprint density at radius 3 is 2.00 bits per heavy atom. The van der Waals surface area contributed by atoms with Crippen LogP contribution in [-0.4, -0.2) is 46.1 Å². The van der Waals surface area contributed by atoms with Crippen LogP contribution in [0.25, 0.3) is 0 Å². The number of rotatable bonds is 4. The van der Waals surface area contributed by atoms with Crippen molar-refractivity contribution in [2.24, 2.45) is 0 Å². The minimum Gasteiger partial charge on any atom is -0.353 e. The van der Waals surface area contributed by atoms with E-state index in [2.05, 4.69) is 25.8 Å². The lowest BCUT2D eigenvalue weighted by atomic mass is 9.83. The third-order valence-corrected chi connectivity index (χ3v) is 6.07. The Hall–Kier alpha value is -2.24. The number of hydrogen-bond acceptors (Lipinski definition) is 6. The van der Waals surface area contributed by atoms with Crippen LogP contribution in [0, 0.1) is 13.8 Å². The van der Waals surface area contributed by atoms with Gasteiger partial charge in [-0.1, -0.05) is 6.42 Å². The summed E-state index contributed by atoms with van der Waals surface area (Å²) in [6.07, 6.45) is 6.44. The molecule has 0 aromatic carbocycles. The predicted octanol–water partition coefficient (Wildman–Crippen LogP) is 3.35. The fourth-order valence-electron chi connectivity index (χ4n) is 4.06. The Bertz CT molecular complexity index is 814. The van der Waals surface area contributed by atoms with Gasteiger partial charge in [-0.3, -0.25) is 0 Å². The molecule has 0 atom stereocenters. The topological polar surface area (TPSA) is 58.0 Å². The summed E-state index contributed by atoms with van der Waals surface area (Å²) in [5.41, 5.74) is 3.36. The Balaban J connectivity index is 1.33. The quantitative estimate of drug-likeness (QED) is 0.829. The van der Waals surface area contributed by atoms with Crippen molar-refractivity contribution < 1.29 is 0 Å². The molecule has 2 aromatic rings. The molecular formula is C21H28N6. The highest BCUT2D eigenvalue weighted by molar-refractivity contribution is 5.45. The Morgan fingerprint density at radius 2 is 1.41 bits per heavy atom. The second kappa shape index (κ2) is 6.73. The zero-order valence-corrected chi connectivity index (χ0v) is 16.4. The zero-order chi connectivity index (χ0) is 18.4. The molecule has 27 heavy (non-hydrogen) atoms. The van der Waals surface area contributed by atoms with Gasteiger partial charge in [0.15, 0.2) is 0 Å². The first kappa shape index (κ1) is 16.9. The lowest BCUT2D eigenvalue weighted by molar-refractivity contribution is 0.409. The Morgan fingerprint density at radius 1 is 0.741 bits per heavy atom. The highest BCUT2D eigenvalue weighted by atomic mass is 15.3. The van der Waals surface area contributed by atoms with Gasteiger partial charge in [0.05, 0.1) is 0 Å². The molecule has 0 spiro atoms. The maximum absolute atomic E-state index is 4.95. The van der Waals surface area contributed by atoms with Gasteiger partial charge in [0.2, 0.25) is 5.95 Å². The number of hydrogen-bond donors (Lipinski definition) is 0. The van der Waals surface area contributed by atoms with Gasteiger partial charge < -0.3 is 9.80 Å². The summed E-state index contributed by atoms with van der Waals surface area (Å²) in [7, 11) is 0. The highest BCUT2D eigenvalue weighted by Gasteiger charge is 2.31. The van der Waals surface area contributed by atoms with Gasteiger partial charge >= 0.3 is 0 Å². The molecule has 3 aliphatic rings. The smallest absolute Gasteiger partial charge is 0.225 e. The first-order chi connectivity index (χ1) is 13.2. The van der Waals surface area contributed by atoms with Gasteiger partial charge in [-0.2, -0.15) is 0 Å². The molecule has 1 saturated heterocycles. The van der Waals surface area contributed by atoms with E-state index in [1.165, 1.54) is 37.8 Å². The second-order valence-electron chi connectivity index (χ2n) is 8.34. The molecule has 0 amide bonds. The number of nitrogens with zero attached hydrogens (tertiary/aromatic N) is 6. The van der Waals surface area contributed by atoms with Crippen LogP contribution in [0.15, 0.2) is 12.1 Å². The third-order valence-electron chi connectivity index (χ3n) is 6.07. The maximum atomic E-state index is 4.95. The van der Waals surface area contributed by atoms with Gasteiger partial charge in [0, 0.05) is 61.2 Å². The van der Waals surface area contributed by atoms with Crippen molar-refractivity contribution in [2.75, 3.05) is 36.0 Å². The van der Waals surface area contributed by atoms with E-state index in [1.54, 1.807) is 0 Å². The van der Waals surface area contributed by atoms with Crippen LogP contribution in [0.3, 0.4) is 0 Å². The number of aryl methyl sites for hydroxylation is 2. The molecule has 0 radical (unpaired) electrons. The second-order valence-corrected chi connectivity index (χ2v) is 8.34. The summed E-state index contributed by atoms with van der Waals surface area (Å²) in [6.45, 7) is 7.87. The van der Waals surface area contributed by atoms with E-state index in [9.17, 15) is 0 Å². The Kier molecular flexibility index (Phi) is 4.21. The zero-order valence-electron chi connectivity index (χ0n) is 16.4. The number of aromatic nitrogens is 4. The van der Waals surface area contributed by atoms with Crippen LogP contribution in [0.5, 0.6) is 0 Å². The largest absolute Gasteiger partial charge is 0.353 e. The van der Waals surface area contributed by atoms with E-state index in [1.807, 2.05) is 19.9 Å². The van der Waals surface area contributed by atoms with Crippen LogP contribution in [-0.2, 0) is 0 Å². The highest BCUT2D eigenvalue weighted by Crippen LogP contribution is 2.41. The monoisotopic (exact) mass is 364 g/mol. The maximum Gasteiger partial charge on any atom is 0.225 e. The number of anilines is 2. The first-order valence-electron chi connectivity index (χ1n) is 10.4. The minimum atomic E-state index is 0.605. The minimum absolute atomic E-state index is 0.605. The van der Waals surface area contributed by atoms with Crippen LogP contribution in [0.1, 0.15) is 66.8 Å². The normalized spacial score (nSPS) is 20.7. The van der Waals surface area contributed by atoms with E-state index in [0.717, 1.165) is 55.2 Å². The van der Waals surface area contributed by atoms with Crippen molar-refractivity contribution in [3.8, 4) is 0 Å². The summed E-state index contributed by atoms with van der Waals surface area (Å²) in [4.78, 5) is 23.9. The molecule has 2 aromatic heterocycles. The fraction of sp³-hybridized carbons (Fsp3) is 0.619. The Labute approximate surface area is 161 Å². The lowest BCUT2D eigenvalue weighted by Gasteiger charge is -2.36. The lowest BCUT2D eigenvalue weighted by Crippen LogP contribution is -2.47. The van der Waals surface area contributed by atoms with Crippen molar-refractivity contribution in [3.05, 3.63) is 35.0 Å². The molecule has 0 bridgehead atoms. The average molecular weight is 364 g/mol. The fourth-order valence-corrected chi connectivity index (χ4v) is 4.06. The third kappa shape index (κ3) is 3.49. The average Bonchev–Trinajstić information content (AvgIpc) is 3.44. The van der Waals surface area contributed by atoms with Gasteiger partial charge in [-0.15, -0.1) is 0 Å². The molecule has 6 nitrogen and oxygen atoms in total. The van der Waals surface area contributed by atoms with Crippen LogP contribution >= 0.6 is 0 Å². The van der Waals surface area contributed by atoms with E-state index in [0.29, 0.717) is 11.8 Å². The van der Waals surface area contributed by atoms with Crippen molar-refractivity contribution in [3.63, 3.8) is 0 Å². The SMILES string of the molecule is Cc1cc(C)nc(N2CCN(c3cc(C4CCC4)nc(C4CC4)n3)CC2)n1. The van der Waals surface area contributed by atoms with E-state index in [4.69, 9.17) is 9.97 Å². The van der Waals surface area contributed by atoms with Crippen LogP contribution < -0.4 is 9.80 Å². The molecule has 2 aliphatic carbocycles. The van der Waals surface area contributed by atoms with E-state index < -0.39 is 0 Å². The van der Waals surface area contributed by atoms with Crippen molar-refractivity contribution in [2.45, 2.75) is 57.8 Å². The van der Waals surface area contributed by atoms with Crippen molar-refractivity contribution in [1.82, 2.24) is 19.9 Å². The van der Waals surface area contributed by atoms with Crippen LogP contribution in [0.2, 0.25) is 0 Å². The summed E-state index contributed by atoms with van der Waals surface area (Å²) < 4.78 is 0. The summed E-state index contributed by atoms with van der Waals surface area (Å²) in [6, 6.07) is 4.29. The molecule has 0 N–H and O–H groups in total. The van der Waals surface area contributed by atoms with Gasteiger partial charge in [0.25, 0.3) is 0 Å². The van der Waals surface area contributed by atoms with Gasteiger partial charge in [0.1, 0.15) is 11.6 Å². The molecule has 3 heterocycles. The number of piperazine rings is 1. The summed E-state index contributed by atoms with van der Waals surface area (Å²) >= 11 is 0. The molecule has 3 fully saturated rings. The molecule has 0 unspecified atom stereocenters. The molecule has 1 aliphatic heterocycles. The summed E-state index contributed by atoms with van der Waals surface area (Å²) in [5, 5.41) is 0. The molecule has 142 valence electrons. The van der Waals surface area contributed by atoms with E-state index in [-0.39, 0.29) is 0 Å². The van der Waals surface area contributed by atoms with Crippen LogP contribution in [0.4, 0.5) is 11.8 Å². The standard InChI is InChI=1S/C21H28N6/c1-14-12-15(2)23-21(22-14)27-10-8-26(9-11-27)19-13-18(16-4-3-5-16)24-20(25-19)17-6-7-17/h12-13,16-17H,3-11H2,1-2H3. The van der Waals surface area contributed by atoms with Crippen molar-refractivity contribution in [1.29, 1.82) is 0 Å². The first-order valence-corrected chi connectivity index (χ1v) is 10.4.